The molecule has 146 valence electrons. The van der Waals surface area contributed by atoms with Crippen LogP contribution in [-0.2, 0) is 20.8 Å². The van der Waals surface area contributed by atoms with Crippen LogP contribution in [0.5, 0.6) is 0 Å². The van der Waals surface area contributed by atoms with Gasteiger partial charge in [-0.15, -0.1) is 11.3 Å². The molecule has 26 heavy (non-hydrogen) atoms. The van der Waals surface area contributed by atoms with E-state index in [0.29, 0.717) is 32.8 Å². The fourth-order valence-electron chi connectivity index (χ4n) is 2.98. The number of amides is 2. The number of hydrogen-bond acceptors (Lipinski definition) is 6. The summed E-state index contributed by atoms with van der Waals surface area (Å²) in [5.74, 6) is -1.12. The number of nitrogens with zero attached hydrogens (tertiary/aromatic N) is 3. The molecule has 1 aromatic heterocycles. The first kappa shape index (κ1) is 20.6. The van der Waals surface area contributed by atoms with Gasteiger partial charge in [0.15, 0.2) is 0 Å². The first-order valence-electron chi connectivity index (χ1n) is 8.84. The zero-order valence-electron chi connectivity index (χ0n) is 15.7. The van der Waals surface area contributed by atoms with Gasteiger partial charge in [-0.25, -0.2) is 14.6 Å². The quantitative estimate of drug-likeness (QED) is 0.622. The lowest BCUT2D eigenvalue weighted by atomic mass is 10.0. The van der Waals surface area contributed by atoms with Gasteiger partial charge < -0.3 is 24.4 Å². The molecule has 0 bridgehead atoms. The van der Waals surface area contributed by atoms with Crippen LogP contribution in [0.2, 0.25) is 0 Å². The van der Waals surface area contributed by atoms with E-state index < -0.39 is 18.3 Å². The molecule has 1 saturated heterocycles. The summed E-state index contributed by atoms with van der Waals surface area (Å²) in [5, 5.41) is 12.0. The summed E-state index contributed by atoms with van der Waals surface area (Å²) < 4.78 is 11.1. The third-order valence-electron chi connectivity index (χ3n) is 4.11. The number of thiazole rings is 1. The van der Waals surface area contributed by atoms with Crippen molar-refractivity contribution < 1.29 is 24.2 Å². The molecular formula is C17H27N3O5S. The Balaban J connectivity index is 2.04. The smallest absolute Gasteiger partial charge is 0.326 e. The second-order valence-corrected chi connectivity index (χ2v) is 7.23. The second-order valence-electron chi connectivity index (χ2n) is 6.34. The van der Waals surface area contributed by atoms with Crippen LogP contribution in [0, 0.1) is 5.92 Å². The highest BCUT2D eigenvalue weighted by Crippen LogP contribution is 2.25. The van der Waals surface area contributed by atoms with Crippen molar-refractivity contribution in [2.24, 2.45) is 5.92 Å². The highest BCUT2D eigenvalue weighted by atomic mass is 32.1. The van der Waals surface area contributed by atoms with E-state index in [1.807, 2.05) is 33.1 Å². The van der Waals surface area contributed by atoms with E-state index in [-0.39, 0.29) is 11.9 Å². The van der Waals surface area contributed by atoms with Crippen molar-refractivity contribution in [3.8, 4) is 0 Å². The summed E-state index contributed by atoms with van der Waals surface area (Å²) in [7, 11) is 0. The van der Waals surface area contributed by atoms with Crippen molar-refractivity contribution >= 4 is 23.3 Å². The summed E-state index contributed by atoms with van der Waals surface area (Å²) in [4.78, 5) is 31.7. The lowest BCUT2D eigenvalue weighted by molar-refractivity contribution is -0.143. The van der Waals surface area contributed by atoms with Crippen molar-refractivity contribution in [1.82, 2.24) is 14.8 Å². The molecule has 2 heterocycles. The third-order valence-corrected chi connectivity index (χ3v) is 5.02. The van der Waals surface area contributed by atoms with E-state index >= 15 is 0 Å². The molecule has 0 radical (unpaired) electrons. The van der Waals surface area contributed by atoms with Gasteiger partial charge in [0.25, 0.3) is 0 Å². The van der Waals surface area contributed by atoms with Gasteiger partial charge in [0.05, 0.1) is 12.2 Å². The van der Waals surface area contributed by atoms with Gasteiger partial charge in [-0.05, 0) is 19.8 Å². The first-order valence-corrected chi connectivity index (χ1v) is 9.72. The predicted molar refractivity (Wildman–Crippen MR) is 96.9 cm³/mol. The van der Waals surface area contributed by atoms with Crippen LogP contribution in [0.1, 0.15) is 44.7 Å². The average Bonchev–Trinajstić information content (AvgIpc) is 3.16. The summed E-state index contributed by atoms with van der Waals surface area (Å²) in [5.41, 5.74) is 0.751. The molecule has 1 aliphatic rings. The molecule has 1 N–H and O–H groups in total. The van der Waals surface area contributed by atoms with Crippen molar-refractivity contribution in [3.63, 3.8) is 0 Å². The molecule has 8 nitrogen and oxygen atoms in total. The Labute approximate surface area is 157 Å². The van der Waals surface area contributed by atoms with Crippen LogP contribution >= 0.6 is 11.3 Å². The Bertz CT molecular complexity index is 615. The summed E-state index contributed by atoms with van der Waals surface area (Å²) in [6.07, 6.45) is -0.494. The minimum atomic E-state index is -0.970. The number of hydrogen-bond donors (Lipinski definition) is 1. The molecule has 0 spiro atoms. The molecule has 0 saturated carbocycles. The number of carbonyl (C=O) groups is 2. The van der Waals surface area contributed by atoms with Crippen LogP contribution in [0.15, 0.2) is 5.38 Å². The van der Waals surface area contributed by atoms with Crippen LogP contribution in [0.25, 0.3) is 0 Å². The number of aliphatic carboxylic acids is 1. The Hall–Kier alpha value is -1.71. The van der Waals surface area contributed by atoms with Crippen LogP contribution in [0.4, 0.5) is 4.79 Å². The number of aromatic nitrogens is 1. The van der Waals surface area contributed by atoms with Gasteiger partial charge in [-0.2, -0.15) is 0 Å². The standard InChI is InChI=1S/C17H27N3O5S/c1-5-24-16(25-6-2)14-18-12(10-26-14)9-19-7-8-20(17(19)23)13(11(3)4)15(21)22/h10-11,13,16H,5-9H2,1-4H3,(H,21,22)/t13-/m0/s1. The maximum absolute atomic E-state index is 12.6. The van der Waals surface area contributed by atoms with Crippen molar-refractivity contribution in [2.45, 2.75) is 46.6 Å². The molecule has 2 rings (SSSR count). The SMILES string of the molecule is CCOC(OCC)c1nc(CN2CCN([C@H](C(=O)O)C(C)C)C2=O)cs1. The second kappa shape index (κ2) is 9.29. The maximum atomic E-state index is 12.6. The van der Waals surface area contributed by atoms with Gasteiger partial charge in [-0.1, -0.05) is 13.8 Å². The predicted octanol–water partition coefficient (Wildman–Crippen LogP) is 2.56. The molecule has 1 aliphatic heterocycles. The summed E-state index contributed by atoms with van der Waals surface area (Å²) in [6.45, 7) is 9.69. The van der Waals surface area contributed by atoms with Gasteiger partial charge in [0.2, 0.25) is 6.29 Å². The summed E-state index contributed by atoms with van der Waals surface area (Å²) in [6, 6.07) is -1.06. The van der Waals surface area contributed by atoms with E-state index in [4.69, 9.17) is 9.47 Å². The van der Waals surface area contributed by atoms with E-state index in [1.54, 1.807) is 4.90 Å². The topological polar surface area (TPSA) is 92.2 Å². The minimum Gasteiger partial charge on any atom is -0.480 e. The number of carbonyl (C=O) groups excluding carboxylic acids is 1. The first-order chi connectivity index (χ1) is 12.4. The van der Waals surface area contributed by atoms with Crippen molar-refractivity contribution in [3.05, 3.63) is 16.1 Å². The summed E-state index contributed by atoms with van der Waals surface area (Å²) >= 11 is 1.43. The van der Waals surface area contributed by atoms with Gasteiger partial charge in [0, 0.05) is 31.7 Å². The number of carboxylic acid groups (broad SMARTS) is 1. The monoisotopic (exact) mass is 385 g/mol. The third kappa shape index (κ3) is 4.72. The fraction of sp³-hybridized carbons (Fsp3) is 0.706. The minimum absolute atomic E-state index is 0.152. The van der Waals surface area contributed by atoms with E-state index in [9.17, 15) is 14.7 Å². The van der Waals surface area contributed by atoms with Crippen LogP contribution in [-0.4, -0.2) is 64.2 Å². The average molecular weight is 385 g/mol. The molecule has 1 fully saturated rings. The van der Waals surface area contributed by atoms with Gasteiger partial charge in [-0.3, -0.25) is 0 Å². The normalized spacial score (nSPS) is 16.2. The molecule has 0 aliphatic carbocycles. The molecule has 0 unspecified atom stereocenters. The zero-order valence-corrected chi connectivity index (χ0v) is 16.5. The Morgan fingerprint density at radius 2 is 1.96 bits per heavy atom. The lowest BCUT2D eigenvalue weighted by Crippen LogP contribution is -2.46. The maximum Gasteiger partial charge on any atom is 0.326 e. The van der Waals surface area contributed by atoms with Gasteiger partial charge in [0.1, 0.15) is 11.0 Å². The molecular weight excluding hydrogens is 358 g/mol. The molecule has 1 atom stereocenters. The van der Waals surface area contributed by atoms with Crippen molar-refractivity contribution in [1.29, 1.82) is 0 Å². The number of carboxylic acids is 1. The van der Waals surface area contributed by atoms with E-state index in [2.05, 4.69) is 4.98 Å². The zero-order chi connectivity index (χ0) is 19.3. The Morgan fingerprint density at radius 3 is 2.50 bits per heavy atom. The molecule has 1 aromatic rings. The highest BCUT2D eigenvalue weighted by Gasteiger charge is 2.39. The lowest BCUT2D eigenvalue weighted by Gasteiger charge is -2.27. The van der Waals surface area contributed by atoms with Crippen LogP contribution < -0.4 is 0 Å². The van der Waals surface area contributed by atoms with Crippen LogP contribution in [0.3, 0.4) is 0 Å². The number of urea groups is 1. The van der Waals surface area contributed by atoms with E-state index in [1.165, 1.54) is 16.2 Å². The fourth-order valence-corrected chi connectivity index (χ4v) is 3.78. The molecule has 2 amide bonds. The molecule has 9 heteroatoms. The highest BCUT2D eigenvalue weighted by molar-refractivity contribution is 7.09. The van der Waals surface area contributed by atoms with Gasteiger partial charge >= 0.3 is 12.0 Å². The molecule has 0 aromatic carbocycles. The Kier molecular flexibility index (Phi) is 7.36. The Morgan fingerprint density at radius 1 is 1.31 bits per heavy atom. The van der Waals surface area contributed by atoms with Crippen molar-refractivity contribution in [2.75, 3.05) is 26.3 Å². The number of ether oxygens (including phenoxy) is 2. The van der Waals surface area contributed by atoms with E-state index in [0.717, 1.165) is 10.7 Å². The largest absolute Gasteiger partial charge is 0.480 e. The number of rotatable bonds is 10.